The first kappa shape index (κ1) is 14.1. The predicted octanol–water partition coefficient (Wildman–Crippen LogP) is 2.86. The lowest BCUT2D eigenvalue weighted by Crippen LogP contribution is -2.18. The second kappa shape index (κ2) is 5.51. The van der Waals surface area contributed by atoms with Gasteiger partial charge in [-0.25, -0.2) is 15.0 Å². The molecule has 0 aliphatic carbocycles. The van der Waals surface area contributed by atoms with Gasteiger partial charge in [-0.2, -0.15) is 0 Å². The number of alkyl halides is 3. The average Bonchev–Trinajstić information content (AvgIpc) is 2.93. The van der Waals surface area contributed by atoms with Crippen LogP contribution >= 0.6 is 0 Å². The van der Waals surface area contributed by atoms with Crippen molar-refractivity contribution in [3.8, 4) is 5.75 Å². The number of halogens is 3. The van der Waals surface area contributed by atoms with Crippen LogP contribution in [-0.2, 0) is 6.54 Å². The minimum atomic E-state index is -4.74. The first-order chi connectivity index (χ1) is 10.5. The highest BCUT2D eigenvalue weighted by atomic mass is 19.4. The Labute approximate surface area is 122 Å². The van der Waals surface area contributed by atoms with Gasteiger partial charge in [0.15, 0.2) is 11.5 Å². The number of aromatic amines is 1. The lowest BCUT2D eigenvalue weighted by Gasteiger charge is -2.13. The van der Waals surface area contributed by atoms with Crippen molar-refractivity contribution in [1.29, 1.82) is 0 Å². The summed E-state index contributed by atoms with van der Waals surface area (Å²) in [4.78, 5) is 14.9. The molecule has 9 heteroatoms. The number of anilines is 1. The summed E-state index contributed by atoms with van der Waals surface area (Å²) in [5.74, 6) is 0.169. The van der Waals surface area contributed by atoms with Gasteiger partial charge in [-0.3, -0.25) is 0 Å². The van der Waals surface area contributed by atoms with Crippen LogP contribution in [-0.4, -0.2) is 26.3 Å². The molecule has 0 radical (unpaired) electrons. The quantitative estimate of drug-likeness (QED) is 0.775. The van der Waals surface area contributed by atoms with E-state index in [0.29, 0.717) is 22.5 Å². The van der Waals surface area contributed by atoms with Crippen molar-refractivity contribution in [2.75, 3.05) is 5.32 Å². The van der Waals surface area contributed by atoms with E-state index in [2.05, 4.69) is 30.0 Å². The van der Waals surface area contributed by atoms with Crippen LogP contribution < -0.4 is 10.1 Å². The molecule has 0 saturated heterocycles. The molecule has 114 valence electrons. The Morgan fingerprint density at radius 3 is 2.77 bits per heavy atom. The molecule has 0 saturated carbocycles. The van der Waals surface area contributed by atoms with Gasteiger partial charge in [0.25, 0.3) is 0 Å². The number of rotatable bonds is 4. The Kier molecular flexibility index (Phi) is 3.53. The molecule has 0 bridgehead atoms. The standard InChI is InChI=1S/C13H10F3N5O/c14-13(15,16)22-9-4-2-1-3-8(9)5-17-11-10-12(19-6-18-10)21-7-20-11/h1-4,6-7H,5H2,(H2,17,18,19,20,21). The van der Waals surface area contributed by atoms with Gasteiger partial charge < -0.3 is 15.0 Å². The third kappa shape index (κ3) is 3.08. The zero-order valence-electron chi connectivity index (χ0n) is 11.1. The smallest absolute Gasteiger partial charge is 0.405 e. The van der Waals surface area contributed by atoms with Crippen LogP contribution in [0.4, 0.5) is 19.0 Å². The number of aromatic nitrogens is 4. The summed E-state index contributed by atoms with van der Waals surface area (Å²) >= 11 is 0. The molecule has 0 fully saturated rings. The molecule has 0 aliphatic heterocycles. The number of ether oxygens (including phenoxy) is 1. The number of fused-ring (bicyclic) bond motifs is 1. The van der Waals surface area contributed by atoms with Crippen LogP contribution in [0.25, 0.3) is 11.2 Å². The van der Waals surface area contributed by atoms with E-state index in [9.17, 15) is 13.2 Å². The highest BCUT2D eigenvalue weighted by Gasteiger charge is 2.31. The lowest BCUT2D eigenvalue weighted by atomic mass is 10.2. The maximum absolute atomic E-state index is 12.4. The van der Waals surface area contributed by atoms with Crippen LogP contribution in [0, 0.1) is 0 Å². The number of H-pyrrole nitrogens is 1. The van der Waals surface area contributed by atoms with E-state index in [0.717, 1.165) is 0 Å². The zero-order valence-corrected chi connectivity index (χ0v) is 11.1. The van der Waals surface area contributed by atoms with E-state index in [4.69, 9.17) is 0 Å². The van der Waals surface area contributed by atoms with Crippen molar-refractivity contribution >= 4 is 17.0 Å². The van der Waals surface area contributed by atoms with E-state index in [1.165, 1.54) is 30.9 Å². The number of imidazole rings is 1. The van der Waals surface area contributed by atoms with Crippen LogP contribution in [0.1, 0.15) is 5.56 Å². The second-order valence-corrected chi connectivity index (χ2v) is 4.33. The van der Waals surface area contributed by atoms with Gasteiger partial charge in [0.2, 0.25) is 0 Å². The molecule has 22 heavy (non-hydrogen) atoms. The second-order valence-electron chi connectivity index (χ2n) is 4.33. The maximum atomic E-state index is 12.4. The summed E-state index contributed by atoms with van der Waals surface area (Å²) in [5.41, 5.74) is 1.40. The zero-order chi connectivity index (χ0) is 15.6. The Hall–Kier alpha value is -2.84. The topological polar surface area (TPSA) is 75.7 Å². The van der Waals surface area contributed by atoms with E-state index < -0.39 is 6.36 Å². The number of benzene rings is 1. The molecule has 1 aromatic carbocycles. The number of hydrogen-bond donors (Lipinski definition) is 2. The van der Waals surface area contributed by atoms with Crippen molar-refractivity contribution in [2.24, 2.45) is 0 Å². The molecular formula is C13H10F3N5O. The summed E-state index contributed by atoms with van der Waals surface area (Å²) in [6.45, 7) is 0.102. The minimum absolute atomic E-state index is 0.102. The number of nitrogens with one attached hydrogen (secondary N) is 2. The molecule has 6 nitrogen and oxygen atoms in total. The van der Waals surface area contributed by atoms with E-state index in [1.807, 2.05) is 0 Å². The van der Waals surface area contributed by atoms with E-state index >= 15 is 0 Å². The van der Waals surface area contributed by atoms with Crippen LogP contribution in [0.15, 0.2) is 36.9 Å². The van der Waals surface area contributed by atoms with Gasteiger partial charge >= 0.3 is 6.36 Å². The number of nitrogens with zero attached hydrogens (tertiary/aromatic N) is 3. The SMILES string of the molecule is FC(F)(F)Oc1ccccc1CNc1ncnc2[nH]cnc12. The van der Waals surface area contributed by atoms with Gasteiger partial charge in [0.1, 0.15) is 17.6 Å². The molecule has 3 aromatic rings. The largest absolute Gasteiger partial charge is 0.573 e. The molecule has 0 unspecified atom stereocenters. The van der Waals surface area contributed by atoms with Gasteiger partial charge in [-0.05, 0) is 6.07 Å². The molecule has 3 rings (SSSR count). The van der Waals surface area contributed by atoms with Gasteiger partial charge in [0.05, 0.1) is 6.33 Å². The molecule has 2 N–H and O–H groups in total. The van der Waals surface area contributed by atoms with Crippen molar-refractivity contribution < 1.29 is 17.9 Å². The van der Waals surface area contributed by atoms with Crippen LogP contribution in [0.3, 0.4) is 0 Å². The normalized spacial score (nSPS) is 11.6. The summed E-state index contributed by atoms with van der Waals surface area (Å²) in [7, 11) is 0. The lowest BCUT2D eigenvalue weighted by molar-refractivity contribution is -0.274. The number of hydrogen-bond acceptors (Lipinski definition) is 5. The molecule has 2 heterocycles. The van der Waals surface area contributed by atoms with E-state index in [-0.39, 0.29) is 12.3 Å². The van der Waals surface area contributed by atoms with E-state index in [1.54, 1.807) is 6.07 Å². The maximum Gasteiger partial charge on any atom is 0.573 e. The van der Waals surface area contributed by atoms with Gasteiger partial charge in [0, 0.05) is 12.1 Å². The van der Waals surface area contributed by atoms with Crippen LogP contribution in [0.5, 0.6) is 5.75 Å². The Bertz CT molecular complexity index is 786. The fraction of sp³-hybridized carbons (Fsp3) is 0.154. The number of para-hydroxylation sites is 1. The first-order valence-corrected chi connectivity index (χ1v) is 6.24. The highest BCUT2D eigenvalue weighted by molar-refractivity contribution is 5.81. The Morgan fingerprint density at radius 2 is 1.95 bits per heavy atom. The molecular weight excluding hydrogens is 299 g/mol. The summed E-state index contributed by atoms with van der Waals surface area (Å²) < 4.78 is 41.1. The van der Waals surface area contributed by atoms with Crippen molar-refractivity contribution in [1.82, 2.24) is 19.9 Å². The molecule has 0 atom stereocenters. The first-order valence-electron chi connectivity index (χ1n) is 6.24. The predicted molar refractivity (Wildman–Crippen MR) is 72.1 cm³/mol. The molecule has 2 aromatic heterocycles. The fourth-order valence-electron chi connectivity index (χ4n) is 1.95. The molecule has 0 amide bonds. The molecule has 0 aliphatic rings. The van der Waals surface area contributed by atoms with Crippen molar-refractivity contribution in [3.63, 3.8) is 0 Å². The Morgan fingerprint density at radius 1 is 1.14 bits per heavy atom. The van der Waals surface area contributed by atoms with Gasteiger partial charge in [-0.1, -0.05) is 18.2 Å². The third-order valence-electron chi connectivity index (χ3n) is 2.86. The monoisotopic (exact) mass is 309 g/mol. The highest BCUT2D eigenvalue weighted by Crippen LogP contribution is 2.27. The van der Waals surface area contributed by atoms with Crippen molar-refractivity contribution in [3.05, 3.63) is 42.5 Å². The fourth-order valence-corrected chi connectivity index (χ4v) is 1.95. The van der Waals surface area contributed by atoms with Gasteiger partial charge in [-0.15, -0.1) is 13.2 Å². The van der Waals surface area contributed by atoms with Crippen molar-refractivity contribution in [2.45, 2.75) is 12.9 Å². The molecule has 0 spiro atoms. The summed E-state index contributed by atoms with van der Waals surface area (Å²) in [6, 6.07) is 5.90. The van der Waals surface area contributed by atoms with Crippen LogP contribution in [0.2, 0.25) is 0 Å². The summed E-state index contributed by atoms with van der Waals surface area (Å²) in [5, 5.41) is 2.94. The minimum Gasteiger partial charge on any atom is -0.405 e. The average molecular weight is 309 g/mol. The Balaban J connectivity index is 1.81. The summed E-state index contributed by atoms with van der Waals surface area (Å²) in [6.07, 6.45) is -1.94. The third-order valence-corrected chi connectivity index (χ3v) is 2.86.